The number of rotatable bonds is 11. The Hall–Kier alpha value is -3.87. The van der Waals surface area contributed by atoms with Gasteiger partial charge in [0.15, 0.2) is 29.3 Å². The minimum absolute atomic E-state index is 0.101. The van der Waals surface area contributed by atoms with Gasteiger partial charge in [0.05, 0.1) is 0 Å². The van der Waals surface area contributed by atoms with E-state index in [0.29, 0.717) is 43.9 Å². The lowest BCUT2D eigenvalue weighted by atomic mass is 9.55. The molecular weight excluding hydrogens is 566 g/mol. The van der Waals surface area contributed by atoms with Crippen LogP contribution in [0.5, 0.6) is 11.5 Å². The lowest BCUT2D eigenvalue weighted by Gasteiger charge is -2.53. The van der Waals surface area contributed by atoms with Crippen molar-refractivity contribution in [3.8, 4) is 11.5 Å². The third kappa shape index (κ3) is 6.62. The highest BCUT2D eigenvalue weighted by Gasteiger charge is 2.62. The van der Waals surface area contributed by atoms with Gasteiger partial charge in [0, 0.05) is 56.5 Å². The number of guanidine groups is 1. The number of carbonyl (C=O) groups excluding carboxylic acids is 4. The van der Waals surface area contributed by atoms with Gasteiger partial charge in [-0.2, -0.15) is 0 Å². The van der Waals surface area contributed by atoms with Gasteiger partial charge in [-0.1, -0.05) is 6.07 Å². The number of aryl methyl sites for hydroxylation is 1. The van der Waals surface area contributed by atoms with E-state index in [1.807, 2.05) is 19.9 Å². The van der Waals surface area contributed by atoms with Gasteiger partial charge in [0.25, 0.3) is 0 Å². The average molecular weight is 614 g/mol. The van der Waals surface area contributed by atoms with E-state index in [-0.39, 0.29) is 48.6 Å². The van der Waals surface area contributed by atoms with Crippen molar-refractivity contribution in [2.45, 2.75) is 83.4 Å². The fourth-order valence-corrected chi connectivity index (χ4v) is 7.21. The normalized spacial score (nSPS) is 24.6. The van der Waals surface area contributed by atoms with E-state index in [9.17, 15) is 19.2 Å². The summed E-state index contributed by atoms with van der Waals surface area (Å²) in [6.07, 6.45) is 1.78. The molecule has 2 fully saturated rings. The highest BCUT2D eigenvalue weighted by molar-refractivity contribution is 5.89. The summed E-state index contributed by atoms with van der Waals surface area (Å²) in [5.41, 5.74) is 6.87. The van der Waals surface area contributed by atoms with Crippen molar-refractivity contribution in [2.24, 2.45) is 11.7 Å². The lowest BCUT2D eigenvalue weighted by molar-refractivity contribution is -0.137. The standard InChI is InChI=1S/C31H47N7O6/c1-6-38(17-15-34-28(41)22(36-20(4)39)8-7-14-35-29(32)33)30(42)43-24-12-9-18(2)25-26(24)44-27-23(40)11-10-21-19(3)37(5)16-13-31(21,25)27/h9,12,19,21-22,27H,6-8,10-11,13-17H2,1-5H3,(H,34,41)(H,36,39)(H4,32,33,35)/t19-,21?,22+,27?,31+/m1/s1. The summed E-state index contributed by atoms with van der Waals surface area (Å²) in [6, 6.07) is 3.19. The number of ether oxygens (including phenoxy) is 2. The molecule has 6 N–H and O–H groups in total. The molecule has 2 heterocycles. The number of ketones is 1. The Morgan fingerprint density at radius 2 is 2.02 bits per heavy atom. The van der Waals surface area contributed by atoms with Gasteiger partial charge in [-0.15, -0.1) is 0 Å². The Kier molecular flexibility index (Phi) is 10.4. The second kappa shape index (κ2) is 13.8. The van der Waals surface area contributed by atoms with E-state index in [0.717, 1.165) is 30.5 Å². The minimum Gasteiger partial charge on any atom is -0.477 e. The number of benzene rings is 1. The van der Waals surface area contributed by atoms with Crippen LogP contribution in [0.1, 0.15) is 64.0 Å². The molecule has 1 saturated heterocycles. The van der Waals surface area contributed by atoms with Crippen molar-refractivity contribution >= 4 is 29.7 Å². The minimum atomic E-state index is -0.757. The van der Waals surface area contributed by atoms with E-state index >= 15 is 0 Å². The number of likely N-dealkylation sites (N-methyl/N-ethyl adjacent to an activating group) is 1. The number of hydrogen-bond acceptors (Lipinski definition) is 8. The second-order valence-corrected chi connectivity index (χ2v) is 12.2. The Morgan fingerprint density at radius 3 is 2.70 bits per heavy atom. The van der Waals surface area contributed by atoms with Crippen LogP contribution >= 0.6 is 0 Å². The Balaban J connectivity index is 1.43. The molecule has 1 aliphatic carbocycles. The maximum atomic E-state index is 13.3. The molecule has 0 bridgehead atoms. The van der Waals surface area contributed by atoms with Gasteiger partial charge >= 0.3 is 6.09 Å². The molecule has 44 heavy (non-hydrogen) atoms. The van der Waals surface area contributed by atoms with Crippen molar-refractivity contribution in [1.29, 1.82) is 5.41 Å². The van der Waals surface area contributed by atoms with Crippen LogP contribution in [0.3, 0.4) is 0 Å². The van der Waals surface area contributed by atoms with Crippen molar-refractivity contribution in [1.82, 2.24) is 25.8 Å². The summed E-state index contributed by atoms with van der Waals surface area (Å²) >= 11 is 0. The van der Waals surface area contributed by atoms with Gasteiger partial charge in [0.2, 0.25) is 11.8 Å². The molecule has 1 saturated carbocycles. The van der Waals surface area contributed by atoms with Crippen LogP contribution in [-0.4, -0.2) is 97.4 Å². The zero-order valence-electron chi connectivity index (χ0n) is 26.5. The largest absolute Gasteiger partial charge is 0.477 e. The molecule has 13 nitrogen and oxygen atoms in total. The summed E-state index contributed by atoms with van der Waals surface area (Å²) in [4.78, 5) is 54.8. The number of nitrogens with one attached hydrogen (secondary N) is 4. The zero-order valence-corrected chi connectivity index (χ0v) is 26.5. The number of piperidine rings is 1. The van der Waals surface area contributed by atoms with E-state index in [1.165, 1.54) is 11.8 Å². The van der Waals surface area contributed by atoms with Crippen LogP contribution in [-0.2, 0) is 19.8 Å². The number of Topliss-reactive ketones (excluding diaryl/α,β-unsaturated/α-hetero) is 1. The molecule has 1 spiro atoms. The number of nitrogens with two attached hydrogens (primary N) is 1. The number of hydrogen-bond donors (Lipinski definition) is 5. The SMILES string of the molecule is CCN(CCNC(=O)[C@H](CCCNC(=N)N)NC(C)=O)C(=O)Oc1ccc(C)c2c1OC1C(=O)CCC3[C@@H](C)N(C)CC[C@]213. The first-order chi connectivity index (χ1) is 20.9. The third-order valence-corrected chi connectivity index (χ3v) is 9.51. The highest BCUT2D eigenvalue weighted by atomic mass is 16.6. The number of carbonyl (C=O) groups is 4. The molecule has 1 aromatic carbocycles. The van der Waals surface area contributed by atoms with Gasteiger partial charge in [-0.05, 0) is 77.6 Å². The lowest BCUT2D eigenvalue weighted by Crippen LogP contribution is -2.62. The summed E-state index contributed by atoms with van der Waals surface area (Å²) in [6.45, 7) is 9.33. The first-order valence-electron chi connectivity index (χ1n) is 15.5. The van der Waals surface area contributed by atoms with Gasteiger partial charge in [0.1, 0.15) is 6.04 Å². The quantitative estimate of drug-likeness (QED) is 0.140. The third-order valence-electron chi connectivity index (χ3n) is 9.51. The monoisotopic (exact) mass is 613 g/mol. The molecule has 3 amide bonds. The van der Waals surface area contributed by atoms with Crippen LogP contribution in [0.2, 0.25) is 0 Å². The number of fused-ring (bicyclic) bond motifs is 1. The predicted molar refractivity (Wildman–Crippen MR) is 165 cm³/mol. The van der Waals surface area contributed by atoms with E-state index in [4.69, 9.17) is 20.6 Å². The maximum Gasteiger partial charge on any atom is 0.415 e. The van der Waals surface area contributed by atoms with Crippen LogP contribution in [0, 0.1) is 18.3 Å². The molecule has 0 aromatic heterocycles. The van der Waals surface area contributed by atoms with Gasteiger partial charge in [-0.3, -0.25) is 19.8 Å². The Morgan fingerprint density at radius 1 is 1.27 bits per heavy atom. The maximum absolute atomic E-state index is 13.3. The zero-order chi connectivity index (χ0) is 32.2. The van der Waals surface area contributed by atoms with Crippen LogP contribution < -0.4 is 31.2 Å². The summed E-state index contributed by atoms with van der Waals surface area (Å²) in [7, 11) is 2.13. The van der Waals surface area contributed by atoms with Crippen LogP contribution in [0.25, 0.3) is 0 Å². The molecule has 242 valence electrons. The molecule has 2 unspecified atom stereocenters. The van der Waals surface area contributed by atoms with E-state index in [1.54, 1.807) is 6.07 Å². The fraction of sp³-hybridized carbons (Fsp3) is 0.645. The molecule has 5 atom stereocenters. The number of likely N-dealkylation sites (tertiary alicyclic amines) is 1. The van der Waals surface area contributed by atoms with Crippen molar-refractivity contribution in [3.05, 3.63) is 23.3 Å². The molecule has 1 aromatic rings. The summed E-state index contributed by atoms with van der Waals surface area (Å²) < 4.78 is 12.3. The van der Waals surface area contributed by atoms with Gasteiger partial charge in [-0.25, -0.2) is 4.79 Å². The highest BCUT2D eigenvalue weighted by Crippen LogP contribution is 2.60. The van der Waals surface area contributed by atoms with E-state index < -0.39 is 23.7 Å². The molecule has 3 aliphatic rings. The Bertz CT molecular complexity index is 1290. The first kappa shape index (κ1) is 33.0. The van der Waals surface area contributed by atoms with Gasteiger partial charge < -0.3 is 41.0 Å². The molecular formula is C31H47N7O6. The Labute approximate surface area is 259 Å². The predicted octanol–water partition coefficient (Wildman–Crippen LogP) is 1.40. The van der Waals surface area contributed by atoms with Crippen LogP contribution in [0.15, 0.2) is 12.1 Å². The molecule has 2 aliphatic heterocycles. The topological polar surface area (TPSA) is 179 Å². The molecule has 13 heteroatoms. The fourth-order valence-electron chi connectivity index (χ4n) is 7.21. The summed E-state index contributed by atoms with van der Waals surface area (Å²) in [5.74, 6) is 0.268. The number of nitrogens with zero attached hydrogens (tertiary/aromatic N) is 2. The van der Waals surface area contributed by atoms with Crippen LogP contribution in [0.4, 0.5) is 4.79 Å². The van der Waals surface area contributed by atoms with Crippen molar-refractivity contribution in [3.63, 3.8) is 0 Å². The average Bonchev–Trinajstić information content (AvgIpc) is 3.33. The van der Waals surface area contributed by atoms with Crippen molar-refractivity contribution < 1.29 is 28.7 Å². The van der Waals surface area contributed by atoms with Crippen molar-refractivity contribution in [2.75, 3.05) is 39.8 Å². The molecule has 4 rings (SSSR count). The van der Waals surface area contributed by atoms with E-state index in [2.05, 4.69) is 34.8 Å². The second-order valence-electron chi connectivity index (χ2n) is 12.2. The first-order valence-corrected chi connectivity index (χ1v) is 15.5. The number of amides is 3. The molecule has 0 radical (unpaired) electrons. The smallest absolute Gasteiger partial charge is 0.415 e. The summed E-state index contributed by atoms with van der Waals surface area (Å²) in [5, 5.41) is 15.3.